The molecule has 0 saturated carbocycles. The molecule has 0 fully saturated rings. The number of carbonyl (C=O) groups is 1. The van der Waals surface area contributed by atoms with Crippen LogP contribution in [0, 0.1) is 17.5 Å². The van der Waals surface area contributed by atoms with E-state index < -0.39 is 34.7 Å². The molecular weight excluding hydrogens is 323 g/mol. The maximum Gasteiger partial charge on any atom is 0.343 e. The number of nitrogens with zero attached hydrogens (tertiary/aromatic N) is 2. The lowest BCUT2D eigenvalue weighted by atomic mass is 9.98. The van der Waals surface area contributed by atoms with Gasteiger partial charge < -0.3 is 10.5 Å². The summed E-state index contributed by atoms with van der Waals surface area (Å²) in [6.07, 6.45) is 1.29. The highest BCUT2D eigenvalue weighted by molar-refractivity contribution is 5.99. The van der Waals surface area contributed by atoms with Gasteiger partial charge in [-0.05, 0) is 18.2 Å². The molecule has 1 heterocycles. The van der Waals surface area contributed by atoms with E-state index in [1.165, 1.54) is 16.9 Å². The Morgan fingerprint density at radius 3 is 2.58 bits per heavy atom. The Kier molecular flexibility index (Phi) is 3.67. The molecule has 0 spiro atoms. The Labute approximate surface area is 134 Å². The summed E-state index contributed by atoms with van der Waals surface area (Å²) >= 11 is 0. The summed E-state index contributed by atoms with van der Waals surface area (Å²) < 4.78 is 48.6. The highest BCUT2D eigenvalue weighted by Crippen LogP contribution is 2.35. The number of esters is 1. The first-order valence-corrected chi connectivity index (χ1v) is 6.83. The van der Waals surface area contributed by atoms with Crippen LogP contribution in [-0.4, -0.2) is 22.9 Å². The smallest absolute Gasteiger partial charge is 0.343 e. The van der Waals surface area contributed by atoms with Crippen molar-refractivity contribution in [3.63, 3.8) is 0 Å². The highest BCUT2D eigenvalue weighted by atomic mass is 19.1. The average Bonchev–Trinajstić information content (AvgIpc) is 2.94. The molecule has 124 valence electrons. The molecule has 8 heteroatoms. The Morgan fingerprint density at radius 2 is 1.92 bits per heavy atom. The van der Waals surface area contributed by atoms with Crippen molar-refractivity contribution < 1.29 is 22.7 Å². The van der Waals surface area contributed by atoms with E-state index in [1.54, 1.807) is 7.05 Å². The lowest BCUT2D eigenvalue weighted by Crippen LogP contribution is -2.11. The van der Waals surface area contributed by atoms with Crippen LogP contribution >= 0.6 is 0 Å². The predicted molar refractivity (Wildman–Crippen MR) is 81.8 cm³/mol. The predicted octanol–water partition coefficient (Wildman–Crippen LogP) is 3.03. The zero-order valence-corrected chi connectivity index (χ0v) is 12.7. The van der Waals surface area contributed by atoms with Crippen LogP contribution in [0.3, 0.4) is 0 Å². The van der Waals surface area contributed by atoms with Crippen molar-refractivity contribution in [2.24, 2.45) is 7.05 Å². The summed E-state index contributed by atoms with van der Waals surface area (Å²) in [5.41, 5.74) is 4.50. The van der Waals surface area contributed by atoms with Gasteiger partial charge in [-0.25, -0.2) is 18.0 Å². The first-order valence-electron chi connectivity index (χ1n) is 6.83. The van der Waals surface area contributed by atoms with Crippen LogP contribution in [0.25, 0.3) is 22.0 Å². The third kappa shape index (κ3) is 2.18. The van der Waals surface area contributed by atoms with E-state index in [0.29, 0.717) is 0 Å². The molecule has 2 N–H and O–H groups in total. The van der Waals surface area contributed by atoms with Gasteiger partial charge in [0.1, 0.15) is 17.2 Å². The standard InChI is InChI=1S/C16H12F3N3O2/c1-22-15-7(3-4-10(17)9(15)6-21-22)8-5-11(18)12(16(23)24-2)14(20)13(8)19/h3-6H,20H2,1-2H3. The zero-order valence-electron chi connectivity index (χ0n) is 12.7. The van der Waals surface area contributed by atoms with Gasteiger partial charge in [0.05, 0.1) is 29.9 Å². The SMILES string of the molecule is COC(=O)c1c(F)cc(-c2ccc(F)c3cnn(C)c23)c(F)c1N. The molecule has 5 nitrogen and oxygen atoms in total. The van der Waals surface area contributed by atoms with Gasteiger partial charge in [-0.3, -0.25) is 4.68 Å². The van der Waals surface area contributed by atoms with E-state index in [-0.39, 0.29) is 22.0 Å². The Hall–Kier alpha value is -3.03. The number of rotatable bonds is 2. The zero-order chi connectivity index (χ0) is 17.6. The van der Waals surface area contributed by atoms with Gasteiger partial charge in [-0.2, -0.15) is 5.10 Å². The molecule has 0 aliphatic carbocycles. The Bertz CT molecular complexity index is 983. The summed E-state index contributed by atoms with van der Waals surface area (Å²) in [5, 5.41) is 4.09. The number of carbonyl (C=O) groups excluding carboxylic acids is 1. The van der Waals surface area contributed by atoms with Crippen molar-refractivity contribution in [1.29, 1.82) is 0 Å². The Balaban J connectivity index is 2.35. The van der Waals surface area contributed by atoms with Crippen LogP contribution in [0.4, 0.5) is 18.9 Å². The molecule has 0 atom stereocenters. The second-order valence-electron chi connectivity index (χ2n) is 5.13. The second kappa shape index (κ2) is 5.55. The number of methoxy groups -OCH3 is 1. The number of nitrogen functional groups attached to an aromatic ring is 1. The number of aromatic nitrogens is 2. The first-order chi connectivity index (χ1) is 11.4. The van der Waals surface area contributed by atoms with Gasteiger partial charge in [0, 0.05) is 18.2 Å². The third-order valence-corrected chi connectivity index (χ3v) is 3.78. The van der Waals surface area contributed by atoms with E-state index >= 15 is 0 Å². The summed E-state index contributed by atoms with van der Waals surface area (Å²) in [4.78, 5) is 11.6. The van der Waals surface area contributed by atoms with Crippen molar-refractivity contribution in [1.82, 2.24) is 9.78 Å². The van der Waals surface area contributed by atoms with Crippen molar-refractivity contribution in [3.8, 4) is 11.1 Å². The van der Waals surface area contributed by atoms with Gasteiger partial charge in [-0.15, -0.1) is 0 Å². The molecule has 24 heavy (non-hydrogen) atoms. The lowest BCUT2D eigenvalue weighted by molar-refractivity contribution is 0.0596. The minimum atomic E-state index is -1.08. The maximum atomic E-state index is 14.7. The molecule has 2 aromatic carbocycles. The molecule has 0 unspecified atom stereocenters. The molecule has 0 amide bonds. The van der Waals surface area contributed by atoms with Crippen LogP contribution < -0.4 is 5.73 Å². The number of fused-ring (bicyclic) bond motifs is 1. The van der Waals surface area contributed by atoms with E-state index in [4.69, 9.17) is 5.73 Å². The van der Waals surface area contributed by atoms with Gasteiger partial charge in [-0.1, -0.05) is 0 Å². The molecule has 0 saturated heterocycles. The summed E-state index contributed by atoms with van der Waals surface area (Å²) in [6.45, 7) is 0. The van der Waals surface area contributed by atoms with Gasteiger partial charge in [0.15, 0.2) is 5.82 Å². The van der Waals surface area contributed by atoms with Crippen LogP contribution in [0.15, 0.2) is 24.4 Å². The van der Waals surface area contributed by atoms with Crippen molar-refractivity contribution in [2.45, 2.75) is 0 Å². The van der Waals surface area contributed by atoms with E-state index in [2.05, 4.69) is 9.84 Å². The van der Waals surface area contributed by atoms with Crippen LogP contribution in [0.1, 0.15) is 10.4 Å². The van der Waals surface area contributed by atoms with E-state index in [1.807, 2.05) is 0 Å². The maximum absolute atomic E-state index is 14.7. The molecule has 0 bridgehead atoms. The normalized spacial score (nSPS) is 11.0. The van der Waals surface area contributed by atoms with E-state index in [0.717, 1.165) is 19.2 Å². The minimum Gasteiger partial charge on any atom is -0.465 e. The molecule has 3 rings (SSSR count). The molecule has 0 aliphatic rings. The van der Waals surface area contributed by atoms with Crippen molar-refractivity contribution in [2.75, 3.05) is 12.8 Å². The molecular formula is C16H12F3N3O2. The molecule has 0 radical (unpaired) electrons. The van der Waals surface area contributed by atoms with Gasteiger partial charge in [0.2, 0.25) is 0 Å². The fourth-order valence-electron chi connectivity index (χ4n) is 2.63. The fraction of sp³-hybridized carbons (Fsp3) is 0.125. The van der Waals surface area contributed by atoms with E-state index in [9.17, 15) is 18.0 Å². The van der Waals surface area contributed by atoms with Crippen LogP contribution in [0.5, 0.6) is 0 Å². The number of benzene rings is 2. The second-order valence-corrected chi connectivity index (χ2v) is 5.13. The molecule has 3 aromatic rings. The highest BCUT2D eigenvalue weighted by Gasteiger charge is 2.24. The summed E-state index contributed by atoms with van der Waals surface area (Å²) in [6, 6.07) is 3.26. The molecule has 1 aromatic heterocycles. The van der Waals surface area contributed by atoms with Gasteiger partial charge >= 0.3 is 5.97 Å². The fourth-order valence-corrected chi connectivity index (χ4v) is 2.63. The largest absolute Gasteiger partial charge is 0.465 e. The Morgan fingerprint density at radius 1 is 1.21 bits per heavy atom. The van der Waals surface area contributed by atoms with Crippen LogP contribution in [0.2, 0.25) is 0 Å². The number of ether oxygens (including phenoxy) is 1. The average molecular weight is 335 g/mol. The number of hydrogen-bond acceptors (Lipinski definition) is 4. The van der Waals surface area contributed by atoms with Crippen LogP contribution in [-0.2, 0) is 11.8 Å². The lowest BCUT2D eigenvalue weighted by Gasteiger charge is -2.12. The first kappa shape index (κ1) is 15.9. The van der Waals surface area contributed by atoms with Crippen molar-refractivity contribution >= 4 is 22.6 Å². The number of halogens is 3. The minimum absolute atomic E-state index is 0.158. The van der Waals surface area contributed by atoms with Crippen molar-refractivity contribution in [3.05, 3.63) is 47.4 Å². The number of aryl methyl sites for hydroxylation is 1. The topological polar surface area (TPSA) is 70.1 Å². The summed E-state index contributed by atoms with van der Waals surface area (Å²) in [7, 11) is 2.58. The number of anilines is 1. The summed E-state index contributed by atoms with van der Waals surface area (Å²) in [5.74, 6) is -3.65. The number of hydrogen-bond donors (Lipinski definition) is 1. The monoisotopic (exact) mass is 335 g/mol. The quantitative estimate of drug-likeness (QED) is 0.577. The number of nitrogens with two attached hydrogens (primary N) is 1. The van der Waals surface area contributed by atoms with Gasteiger partial charge in [0.25, 0.3) is 0 Å². The third-order valence-electron chi connectivity index (χ3n) is 3.78. The molecule has 0 aliphatic heterocycles.